The van der Waals surface area contributed by atoms with E-state index in [-0.39, 0.29) is 0 Å². The van der Waals surface area contributed by atoms with E-state index in [4.69, 9.17) is 10.7 Å². The summed E-state index contributed by atoms with van der Waals surface area (Å²) in [4.78, 5) is 8.14. The van der Waals surface area contributed by atoms with Crippen LogP contribution < -0.4 is 0 Å². The van der Waals surface area contributed by atoms with Crippen LogP contribution in [0.15, 0.2) is 85.1 Å². The molecule has 0 radical (unpaired) electrons. The molecule has 4 aromatic rings. The van der Waals surface area contributed by atoms with Gasteiger partial charge in [-0.05, 0) is 65.4 Å². The van der Waals surface area contributed by atoms with Crippen molar-refractivity contribution in [2.75, 3.05) is 0 Å². The number of pyridine rings is 1. The van der Waals surface area contributed by atoms with E-state index in [1.54, 1.807) is 18.3 Å². The van der Waals surface area contributed by atoms with E-state index in [1.807, 2.05) is 73.7 Å². The normalized spacial score (nSPS) is 12.5. The van der Waals surface area contributed by atoms with Gasteiger partial charge in [-0.2, -0.15) is 0 Å². The molecule has 0 spiro atoms. The van der Waals surface area contributed by atoms with Crippen molar-refractivity contribution in [3.05, 3.63) is 108 Å². The Hall–Kier alpha value is -3.70. The average molecular weight is 363 g/mol. The number of aryl methyl sites for hydroxylation is 2. The van der Waals surface area contributed by atoms with Crippen molar-refractivity contribution in [1.82, 2.24) is 4.98 Å². The summed E-state index contributed by atoms with van der Waals surface area (Å²) < 4.78 is 23.7. The largest absolute Gasteiger partial charge is 0.256 e. The summed E-state index contributed by atoms with van der Waals surface area (Å²) in [7, 11) is 0. The minimum atomic E-state index is -2.20. The Labute approximate surface area is 170 Å². The van der Waals surface area contributed by atoms with E-state index in [2.05, 4.69) is 9.83 Å². The molecule has 28 heavy (non-hydrogen) atoms. The molecule has 0 saturated heterocycles. The van der Waals surface area contributed by atoms with Crippen LogP contribution in [0.5, 0.6) is 0 Å². The van der Waals surface area contributed by atoms with Gasteiger partial charge in [0.1, 0.15) is 0 Å². The van der Waals surface area contributed by atoms with Gasteiger partial charge in [0, 0.05) is 15.9 Å². The highest BCUT2D eigenvalue weighted by Crippen LogP contribution is 2.31. The van der Waals surface area contributed by atoms with Crippen molar-refractivity contribution in [2.24, 2.45) is 0 Å². The highest BCUT2D eigenvalue weighted by molar-refractivity contribution is 5.76. The maximum Gasteiger partial charge on any atom is 0.187 e. The number of aromatic nitrogens is 1. The maximum atomic E-state index is 7.91. The van der Waals surface area contributed by atoms with Crippen LogP contribution in [0.2, 0.25) is 0 Å². The molecule has 4 rings (SSSR count). The van der Waals surface area contributed by atoms with Crippen molar-refractivity contribution >= 4 is 5.69 Å². The minimum Gasteiger partial charge on any atom is -0.256 e. The summed E-state index contributed by atoms with van der Waals surface area (Å²) in [5.41, 5.74) is 7.08. The summed E-state index contributed by atoms with van der Waals surface area (Å²) in [5.74, 6) is 0. The van der Waals surface area contributed by atoms with Gasteiger partial charge >= 0.3 is 0 Å². The lowest BCUT2D eigenvalue weighted by Crippen LogP contribution is -1.89. The molecule has 0 aliphatic carbocycles. The minimum absolute atomic E-state index is 0.325. The Morgan fingerprint density at radius 3 is 2.25 bits per heavy atom. The predicted molar refractivity (Wildman–Crippen MR) is 116 cm³/mol. The number of hydrogen-bond acceptors (Lipinski definition) is 1. The Morgan fingerprint density at radius 1 is 0.786 bits per heavy atom. The summed E-state index contributed by atoms with van der Waals surface area (Å²) in [6.07, 6.45) is 1.80. The lowest BCUT2D eigenvalue weighted by molar-refractivity contribution is 1.31. The zero-order valence-corrected chi connectivity index (χ0v) is 15.5. The first-order chi connectivity index (χ1) is 14.9. The zero-order chi connectivity index (χ0) is 22.0. The zero-order valence-electron chi connectivity index (χ0n) is 18.5. The topological polar surface area (TPSA) is 17.2 Å². The van der Waals surface area contributed by atoms with Crippen LogP contribution in [-0.4, -0.2) is 4.98 Å². The van der Waals surface area contributed by atoms with Crippen LogP contribution in [0, 0.1) is 20.3 Å². The third kappa shape index (κ3) is 3.43. The molecule has 2 heteroatoms. The van der Waals surface area contributed by atoms with E-state index in [9.17, 15) is 0 Å². The summed E-state index contributed by atoms with van der Waals surface area (Å²) in [6, 6.07) is 24.4. The van der Waals surface area contributed by atoms with Crippen LogP contribution in [0.25, 0.3) is 38.4 Å². The molecular weight excluding hydrogens is 340 g/mol. The second-order valence-electron chi connectivity index (χ2n) is 6.67. The Morgan fingerprint density at radius 2 is 1.54 bits per heavy atom. The summed E-state index contributed by atoms with van der Waals surface area (Å²) in [6.45, 7) is 7.05. The fraction of sp³-hybridized carbons (Fsp3) is 0.0769. The van der Waals surface area contributed by atoms with Gasteiger partial charge in [0.25, 0.3) is 0 Å². The van der Waals surface area contributed by atoms with Crippen molar-refractivity contribution in [3.8, 4) is 33.5 Å². The Balaban J connectivity index is 1.76. The molecule has 0 aliphatic rings. The van der Waals surface area contributed by atoms with Crippen molar-refractivity contribution in [1.29, 1.82) is 0 Å². The molecule has 134 valence electrons. The van der Waals surface area contributed by atoms with Crippen molar-refractivity contribution in [3.63, 3.8) is 0 Å². The van der Waals surface area contributed by atoms with Crippen molar-refractivity contribution in [2.45, 2.75) is 13.8 Å². The lowest BCUT2D eigenvalue weighted by Gasteiger charge is -2.11. The van der Waals surface area contributed by atoms with Crippen LogP contribution in [0.4, 0.5) is 5.69 Å². The predicted octanol–water partition coefficient (Wildman–Crippen LogP) is 7.25. The van der Waals surface area contributed by atoms with Crippen LogP contribution in [-0.2, 0) is 0 Å². The first-order valence-electron chi connectivity index (χ1n) is 10.5. The van der Waals surface area contributed by atoms with Gasteiger partial charge in [-0.15, -0.1) is 0 Å². The highest BCUT2D eigenvalue weighted by atomic mass is 14.7. The Bertz CT molecular complexity index is 1270. The molecule has 0 N–H and O–H groups in total. The van der Waals surface area contributed by atoms with Gasteiger partial charge in [-0.25, -0.2) is 4.85 Å². The molecule has 0 amide bonds. The third-order valence-corrected chi connectivity index (χ3v) is 4.82. The third-order valence-electron chi connectivity index (χ3n) is 4.82. The SMILES string of the molecule is [2H]C([2H])([2H])c1ccc(-c2ccc(-c3cc([N+]#[C-])ccc3C)cn2)cc1-c1ccccc1. The van der Waals surface area contributed by atoms with Crippen LogP contribution >= 0.6 is 0 Å². The smallest absolute Gasteiger partial charge is 0.187 e. The number of hydrogen-bond donors (Lipinski definition) is 0. The average Bonchev–Trinajstić information content (AvgIpc) is 2.79. The molecule has 0 atom stereocenters. The van der Waals surface area contributed by atoms with Gasteiger partial charge in [0.2, 0.25) is 0 Å². The molecule has 0 fully saturated rings. The summed E-state index contributed by atoms with van der Waals surface area (Å²) >= 11 is 0. The molecule has 0 saturated carbocycles. The van der Waals surface area contributed by atoms with E-state index >= 15 is 0 Å². The summed E-state index contributed by atoms with van der Waals surface area (Å²) in [5, 5.41) is 0. The van der Waals surface area contributed by atoms with Gasteiger partial charge in [-0.1, -0.05) is 60.7 Å². The quantitative estimate of drug-likeness (QED) is 0.350. The second kappa shape index (κ2) is 7.50. The fourth-order valence-corrected chi connectivity index (χ4v) is 3.27. The second-order valence-corrected chi connectivity index (χ2v) is 6.67. The van der Waals surface area contributed by atoms with E-state index in [1.165, 1.54) is 0 Å². The van der Waals surface area contributed by atoms with E-state index < -0.39 is 6.85 Å². The first kappa shape index (κ1) is 14.4. The number of rotatable bonds is 3. The molecule has 1 heterocycles. The molecule has 2 nitrogen and oxygen atoms in total. The highest BCUT2D eigenvalue weighted by Gasteiger charge is 2.08. The molecular formula is C26H20N2. The number of nitrogens with zero attached hydrogens (tertiary/aromatic N) is 2. The number of benzene rings is 3. The van der Waals surface area contributed by atoms with Gasteiger partial charge in [-0.3, -0.25) is 4.98 Å². The van der Waals surface area contributed by atoms with Gasteiger partial charge < -0.3 is 0 Å². The molecule has 0 bridgehead atoms. The maximum absolute atomic E-state index is 7.91. The fourth-order valence-electron chi connectivity index (χ4n) is 3.27. The van der Waals surface area contributed by atoms with Crippen LogP contribution in [0.3, 0.4) is 0 Å². The molecule has 1 aromatic heterocycles. The molecule has 0 unspecified atom stereocenters. The van der Waals surface area contributed by atoms with Gasteiger partial charge in [0.05, 0.1) is 12.3 Å². The van der Waals surface area contributed by atoms with Crippen molar-refractivity contribution < 1.29 is 4.11 Å². The monoisotopic (exact) mass is 363 g/mol. The lowest BCUT2D eigenvalue weighted by atomic mass is 9.96. The van der Waals surface area contributed by atoms with E-state index in [0.29, 0.717) is 16.8 Å². The Kier molecular flexibility index (Phi) is 3.85. The van der Waals surface area contributed by atoms with Crippen LogP contribution in [0.1, 0.15) is 15.2 Å². The van der Waals surface area contributed by atoms with E-state index in [0.717, 1.165) is 33.5 Å². The molecule has 0 aliphatic heterocycles. The standard InChI is InChI=1S/C26H20N2/c1-18-9-11-21(15-24(18)20-7-5-4-6-8-20)26-14-12-22(17-28-26)25-16-23(27-3)13-10-19(25)2/h4-17H,1-2H3/i1D3. The van der Waals surface area contributed by atoms with Gasteiger partial charge in [0.15, 0.2) is 5.69 Å². The molecule has 3 aromatic carbocycles. The first-order valence-corrected chi connectivity index (χ1v) is 9.02.